The Balaban J connectivity index is 1.78. The van der Waals surface area contributed by atoms with E-state index in [0.29, 0.717) is 22.4 Å². The van der Waals surface area contributed by atoms with E-state index in [9.17, 15) is 18.0 Å². The quantitative estimate of drug-likeness (QED) is 0.455. The van der Waals surface area contributed by atoms with E-state index in [4.69, 9.17) is 23.2 Å². The number of ether oxygens (including phenoxy) is 1. The van der Waals surface area contributed by atoms with Crippen LogP contribution in [0.3, 0.4) is 0 Å². The molecule has 0 unspecified atom stereocenters. The predicted molar refractivity (Wildman–Crippen MR) is 130 cm³/mol. The number of amides is 1. The molecule has 0 aliphatic heterocycles. The minimum absolute atomic E-state index is 0.00195. The number of carbonyl (C=O) groups is 2. The normalized spacial score (nSPS) is 11.0. The number of sulfonamides is 1. The number of carbonyl (C=O) groups excluding carboxylic acids is 2. The minimum atomic E-state index is -3.66. The summed E-state index contributed by atoms with van der Waals surface area (Å²) in [7, 11) is -2.38. The van der Waals surface area contributed by atoms with E-state index in [-0.39, 0.29) is 28.2 Å². The van der Waals surface area contributed by atoms with Crippen molar-refractivity contribution < 1.29 is 22.7 Å². The lowest BCUT2D eigenvalue weighted by Gasteiger charge is -2.24. The van der Waals surface area contributed by atoms with Gasteiger partial charge in [-0.3, -0.25) is 9.10 Å². The van der Waals surface area contributed by atoms with Crippen molar-refractivity contribution in [1.29, 1.82) is 0 Å². The standard InChI is InChI=1S/C23H20Cl2N2O5S/c1-32-23(29)17-5-3-6-18(13-17)26-22(28)16-11-9-15(10-12-16)14-27(33(2,30)31)20-8-4-7-19(24)21(20)25/h3-13H,14H2,1-2H3,(H,26,28). The SMILES string of the molecule is COC(=O)c1cccc(NC(=O)c2ccc(CN(c3cccc(Cl)c3Cl)S(C)(=O)=O)cc2)c1. The minimum Gasteiger partial charge on any atom is -0.465 e. The molecular formula is C23H20Cl2N2O5S. The van der Waals surface area contributed by atoms with Crippen molar-refractivity contribution in [3.05, 3.63) is 93.5 Å². The highest BCUT2D eigenvalue weighted by Gasteiger charge is 2.21. The van der Waals surface area contributed by atoms with Crippen LogP contribution in [0.4, 0.5) is 11.4 Å². The molecule has 172 valence electrons. The molecule has 0 fully saturated rings. The first kappa shape index (κ1) is 24.6. The highest BCUT2D eigenvalue weighted by molar-refractivity contribution is 7.92. The van der Waals surface area contributed by atoms with Gasteiger partial charge in [-0.25, -0.2) is 13.2 Å². The first-order chi connectivity index (χ1) is 15.6. The molecule has 0 aliphatic rings. The second kappa shape index (κ2) is 10.2. The summed E-state index contributed by atoms with van der Waals surface area (Å²) < 4.78 is 30.6. The van der Waals surface area contributed by atoms with Crippen LogP contribution < -0.4 is 9.62 Å². The largest absolute Gasteiger partial charge is 0.465 e. The molecule has 3 aromatic carbocycles. The zero-order valence-electron chi connectivity index (χ0n) is 17.7. The molecule has 1 amide bonds. The topological polar surface area (TPSA) is 92.8 Å². The fourth-order valence-electron chi connectivity index (χ4n) is 3.04. The van der Waals surface area contributed by atoms with Gasteiger partial charge in [0.15, 0.2) is 0 Å². The molecule has 0 radical (unpaired) electrons. The Morgan fingerprint density at radius 2 is 1.64 bits per heavy atom. The Kier molecular flexibility index (Phi) is 7.63. The number of benzene rings is 3. The van der Waals surface area contributed by atoms with Gasteiger partial charge in [-0.2, -0.15) is 0 Å². The van der Waals surface area contributed by atoms with Crippen molar-refractivity contribution in [2.75, 3.05) is 23.0 Å². The summed E-state index contributed by atoms with van der Waals surface area (Å²) in [5.74, 6) is -0.896. The van der Waals surface area contributed by atoms with Gasteiger partial charge in [0.1, 0.15) is 0 Å². The van der Waals surface area contributed by atoms with Crippen LogP contribution >= 0.6 is 23.2 Å². The summed E-state index contributed by atoms with van der Waals surface area (Å²) in [6.07, 6.45) is 1.08. The van der Waals surface area contributed by atoms with Crippen LogP contribution in [0.15, 0.2) is 66.7 Å². The van der Waals surface area contributed by atoms with Gasteiger partial charge in [0, 0.05) is 11.3 Å². The molecule has 0 saturated heterocycles. The molecule has 0 saturated carbocycles. The highest BCUT2D eigenvalue weighted by Crippen LogP contribution is 2.34. The Labute approximate surface area is 201 Å². The van der Waals surface area contributed by atoms with Crippen molar-refractivity contribution in [2.24, 2.45) is 0 Å². The van der Waals surface area contributed by atoms with Crippen molar-refractivity contribution in [3.8, 4) is 0 Å². The number of anilines is 2. The molecule has 10 heteroatoms. The molecule has 0 spiro atoms. The van der Waals surface area contributed by atoms with Crippen molar-refractivity contribution in [2.45, 2.75) is 6.54 Å². The predicted octanol–water partition coefficient (Wildman–Crippen LogP) is 5.00. The molecular weight excluding hydrogens is 487 g/mol. The monoisotopic (exact) mass is 506 g/mol. The van der Waals surface area contributed by atoms with E-state index in [1.807, 2.05) is 0 Å². The fourth-order valence-corrected chi connectivity index (χ4v) is 4.38. The number of hydrogen-bond donors (Lipinski definition) is 1. The molecule has 7 nitrogen and oxygen atoms in total. The van der Waals surface area contributed by atoms with Gasteiger partial charge in [0.05, 0.1) is 41.2 Å². The smallest absolute Gasteiger partial charge is 0.337 e. The van der Waals surface area contributed by atoms with E-state index >= 15 is 0 Å². The van der Waals surface area contributed by atoms with E-state index in [1.165, 1.54) is 13.2 Å². The summed E-state index contributed by atoms with van der Waals surface area (Å²) in [4.78, 5) is 24.3. The van der Waals surface area contributed by atoms with E-state index < -0.39 is 16.0 Å². The molecule has 0 bridgehead atoms. The van der Waals surface area contributed by atoms with Crippen molar-refractivity contribution in [3.63, 3.8) is 0 Å². The molecule has 1 N–H and O–H groups in total. The Morgan fingerprint density at radius 3 is 2.27 bits per heavy atom. The zero-order chi connectivity index (χ0) is 24.2. The van der Waals surface area contributed by atoms with Gasteiger partial charge in [-0.1, -0.05) is 47.5 Å². The van der Waals surface area contributed by atoms with E-state index in [0.717, 1.165) is 10.6 Å². The molecule has 0 atom stereocenters. The summed E-state index contributed by atoms with van der Waals surface area (Å²) in [6.45, 7) is 0.00195. The van der Waals surface area contributed by atoms with Crippen LogP contribution in [0.5, 0.6) is 0 Å². The van der Waals surface area contributed by atoms with Gasteiger partial charge >= 0.3 is 5.97 Å². The van der Waals surface area contributed by atoms with Crippen LogP contribution in [0, 0.1) is 0 Å². The Hall–Kier alpha value is -3.07. The lowest BCUT2D eigenvalue weighted by Crippen LogP contribution is -2.29. The maximum atomic E-state index is 12.6. The first-order valence-electron chi connectivity index (χ1n) is 9.60. The first-order valence-corrected chi connectivity index (χ1v) is 12.2. The Bertz CT molecular complexity index is 1290. The number of hydrogen-bond acceptors (Lipinski definition) is 5. The van der Waals surface area contributed by atoms with E-state index in [1.54, 1.807) is 60.7 Å². The van der Waals surface area contributed by atoms with Gasteiger partial charge in [0.2, 0.25) is 10.0 Å². The maximum Gasteiger partial charge on any atom is 0.337 e. The summed E-state index contributed by atoms with van der Waals surface area (Å²) >= 11 is 12.3. The number of rotatable bonds is 7. The van der Waals surface area contributed by atoms with Gasteiger partial charge < -0.3 is 10.1 Å². The number of methoxy groups -OCH3 is 1. The van der Waals surface area contributed by atoms with Crippen molar-refractivity contribution >= 4 is 56.5 Å². The lowest BCUT2D eigenvalue weighted by molar-refractivity contribution is 0.0600. The number of esters is 1. The third kappa shape index (κ3) is 6.04. The summed E-state index contributed by atoms with van der Waals surface area (Å²) in [6, 6.07) is 17.6. The molecule has 0 heterocycles. The van der Waals surface area contributed by atoms with Crippen LogP contribution in [0.25, 0.3) is 0 Å². The van der Waals surface area contributed by atoms with Crippen LogP contribution in [0.2, 0.25) is 10.0 Å². The second-order valence-corrected chi connectivity index (χ2v) is 9.76. The maximum absolute atomic E-state index is 12.6. The molecule has 0 aliphatic carbocycles. The lowest BCUT2D eigenvalue weighted by atomic mass is 10.1. The fraction of sp³-hybridized carbons (Fsp3) is 0.130. The summed E-state index contributed by atoms with van der Waals surface area (Å²) in [5, 5.41) is 3.09. The van der Waals surface area contributed by atoms with E-state index in [2.05, 4.69) is 10.1 Å². The average molecular weight is 507 g/mol. The van der Waals surface area contributed by atoms with Gasteiger partial charge in [-0.15, -0.1) is 0 Å². The van der Waals surface area contributed by atoms with Crippen molar-refractivity contribution in [1.82, 2.24) is 0 Å². The van der Waals surface area contributed by atoms with Crippen LogP contribution in [-0.4, -0.2) is 33.7 Å². The third-order valence-corrected chi connectivity index (χ3v) is 6.62. The highest BCUT2D eigenvalue weighted by atomic mass is 35.5. The zero-order valence-corrected chi connectivity index (χ0v) is 20.0. The number of nitrogens with one attached hydrogen (secondary N) is 1. The van der Waals surface area contributed by atoms with Gasteiger partial charge in [-0.05, 0) is 48.0 Å². The number of halogens is 2. The molecule has 3 rings (SSSR count). The summed E-state index contributed by atoms with van der Waals surface area (Å²) in [5.41, 5.74) is 2.01. The van der Waals surface area contributed by atoms with Gasteiger partial charge in [0.25, 0.3) is 5.91 Å². The molecule has 0 aromatic heterocycles. The third-order valence-electron chi connectivity index (χ3n) is 4.68. The second-order valence-electron chi connectivity index (χ2n) is 7.07. The molecule has 3 aromatic rings. The number of nitrogens with zero attached hydrogens (tertiary/aromatic N) is 1. The molecule has 33 heavy (non-hydrogen) atoms. The average Bonchev–Trinajstić information content (AvgIpc) is 2.79. The van der Waals surface area contributed by atoms with Crippen LogP contribution in [0.1, 0.15) is 26.3 Å². The van der Waals surface area contributed by atoms with Crippen LogP contribution in [-0.2, 0) is 21.3 Å². The Morgan fingerprint density at radius 1 is 0.970 bits per heavy atom.